The van der Waals surface area contributed by atoms with Gasteiger partial charge in [-0.3, -0.25) is 0 Å². The van der Waals surface area contributed by atoms with Crippen LogP contribution in [0.15, 0.2) is 47.6 Å². The summed E-state index contributed by atoms with van der Waals surface area (Å²) in [4.78, 5) is 13.4. The fourth-order valence-corrected chi connectivity index (χ4v) is 3.92. The Morgan fingerprint density at radius 3 is 2.48 bits per heavy atom. The van der Waals surface area contributed by atoms with Gasteiger partial charge in [0.2, 0.25) is 16.0 Å². The van der Waals surface area contributed by atoms with E-state index in [1.54, 1.807) is 31.6 Å². The van der Waals surface area contributed by atoms with Crippen LogP contribution < -0.4 is 10.0 Å². The summed E-state index contributed by atoms with van der Waals surface area (Å²) in [6.45, 7) is 3.67. The number of nitrogens with one attached hydrogen (secondary N) is 2. The van der Waals surface area contributed by atoms with Crippen molar-refractivity contribution < 1.29 is 17.9 Å². The van der Waals surface area contributed by atoms with Crippen LogP contribution >= 0.6 is 0 Å². The van der Waals surface area contributed by atoms with Gasteiger partial charge in [-0.25, -0.2) is 28.1 Å². The maximum absolute atomic E-state index is 12.3. The molecule has 3 rings (SSSR count). The Hall–Kier alpha value is -2.86. The largest absolute Gasteiger partial charge is 0.383 e. The molecule has 0 fully saturated rings. The van der Waals surface area contributed by atoms with Gasteiger partial charge < -0.3 is 19.4 Å². The van der Waals surface area contributed by atoms with Gasteiger partial charge in [-0.1, -0.05) is 0 Å². The van der Waals surface area contributed by atoms with E-state index in [1.807, 2.05) is 17.6 Å². The first-order valence-corrected chi connectivity index (χ1v) is 11.1. The van der Waals surface area contributed by atoms with Crippen molar-refractivity contribution in [3.63, 3.8) is 0 Å². The van der Waals surface area contributed by atoms with Gasteiger partial charge in [0.25, 0.3) is 0 Å². The number of sulfonamides is 1. The van der Waals surface area contributed by atoms with Gasteiger partial charge in [0.1, 0.15) is 5.82 Å². The quantitative estimate of drug-likeness (QED) is 0.429. The van der Waals surface area contributed by atoms with Gasteiger partial charge in [0, 0.05) is 39.2 Å². The lowest BCUT2D eigenvalue weighted by Gasteiger charge is -2.11. The lowest BCUT2D eigenvalue weighted by Crippen LogP contribution is -2.27. The predicted octanol–water partition coefficient (Wildman–Crippen LogP) is 1.96. The molecule has 2 heterocycles. The minimum absolute atomic E-state index is 0.168. The molecule has 0 saturated heterocycles. The van der Waals surface area contributed by atoms with Gasteiger partial charge in [-0.05, 0) is 37.3 Å². The fourth-order valence-electron chi connectivity index (χ4n) is 2.91. The van der Waals surface area contributed by atoms with E-state index in [4.69, 9.17) is 9.47 Å². The van der Waals surface area contributed by atoms with Crippen LogP contribution in [-0.2, 0) is 26.0 Å². The summed E-state index contributed by atoms with van der Waals surface area (Å²) in [5.74, 6) is 1.26. The second-order valence-electron chi connectivity index (χ2n) is 6.64. The maximum atomic E-state index is 12.3. The first-order chi connectivity index (χ1) is 14.9. The van der Waals surface area contributed by atoms with Crippen molar-refractivity contribution in [1.29, 1.82) is 0 Å². The van der Waals surface area contributed by atoms with Gasteiger partial charge in [0.05, 0.1) is 35.7 Å². The van der Waals surface area contributed by atoms with E-state index >= 15 is 0 Å². The molecule has 10 nitrogen and oxygen atoms in total. The summed E-state index contributed by atoms with van der Waals surface area (Å²) in [5.41, 5.74) is 2.25. The van der Waals surface area contributed by atoms with Gasteiger partial charge in [-0.15, -0.1) is 0 Å². The van der Waals surface area contributed by atoms with Crippen LogP contribution in [0.5, 0.6) is 0 Å². The average molecular weight is 447 g/mol. The molecule has 0 spiro atoms. The second kappa shape index (κ2) is 10.4. The maximum Gasteiger partial charge on any atom is 0.240 e. The van der Waals surface area contributed by atoms with E-state index < -0.39 is 10.0 Å². The molecule has 0 unspecified atom stereocenters. The number of hydrogen-bond acceptors (Lipinski definition) is 8. The van der Waals surface area contributed by atoms with E-state index in [-0.39, 0.29) is 11.4 Å². The molecule has 0 bridgehead atoms. The van der Waals surface area contributed by atoms with Crippen LogP contribution in [-0.4, -0.2) is 61.9 Å². The molecule has 31 heavy (non-hydrogen) atoms. The molecule has 0 saturated carbocycles. The van der Waals surface area contributed by atoms with Crippen LogP contribution in [0.25, 0.3) is 11.4 Å². The van der Waals surface area contributed by atoms with Crippen molar-refractivity contribution in [2.75, 3.05) is 39.3 Å². The number of benzene rings is 1. The highest BCUT2D eigenvalue weighted by atomic mass is 32.2. The first-order valence-electron chi connectivity index (χ1n) is 9.65. The molecule has 0 aliphatic heterocycles. The highest BCUT2D eigenvalue weighted by Crippen LogP contribution is 2.21. The molecule has 0 amide bonds. The molecule has 2 N–H and O–H groups in total. The second-order valence-corrected chi connectivity index (χ2v) is 8.41. The summed E-state index contributed by atoms with van der Waals surface area (Å²) in [6, 6.07) is 8.17. The number of nitrogens with zero attached hydrogens (tertiary/aromatic N) is 4. The van der Waals surface area contributed by atoms with E-state index in [1.165, 1.54) is 19.2 Å². The Morgan fingerprint density at radius 2 is 1.77 bits per heavy atom. The zero-order valence-corrected chi connectivity index (χ0v) is 18.5. The SMILES string of the molecule is COCCNS(=O)(=O)c1ccc(Nc2nccc(-c3cnc(C)n3CCOC)n2)cc1. The molecule has 0 atom stereocenters. The molecular formula is C20H26N6O4S. The average Bonchev–Trinajstić information content (AvgIpc) is 3.13. The number of anilines is 2. The highest BCUT2D eigenvalue weighted by molar-refractivity contribution is 7.89. The molecule has 166 valence electrons. The van der Waals surface area contributed by atoms with Crippen LogP contribution in [0.1, 0.15) is 5.82 Å². The monoisotopic (exact) mass is 446 g/mol. The Bertz CT molecular complexity index is 1100. The van der Waals surface area contributed by atoms with Crippen LogP contribution in [0.4, 0.5) is 11.6 Å². The molecule has 11 heteroatoms. The zero-order chi connectivity index (χ0) is 22.3. The van der Waals surface area contributed by atoms with Crippen LogP contribution in [0.2, 0.25) is 0 Å². The van der Waals surface area contributed by atoms with Crippen molar-refractivity contribution in [3.05, 3.63) is 48.5 Å². The summed E-state index contributed by atoms with van der Waals surface area (Å²) < 4.78 is 39.1. The van der Waals surface area contributed by atoms with Crippen LogP contribution in [0.3, 0.4) is 0 Å². The fraction of sp³-hybridized carbons (Fsp3) is 0.350. The zero-order valence-electron chi connectivity index (χ0n) is 17.7. The Balaban J connectivity index is 1.75. The van der Waals surface area contributed by atoms with Crippen molar-refractivity contribution in [2.45, 2.75) is 18.4 Å². The van der Waals surface area contributed by atoms with Crippen molar-refractivity contribution in [2.24, 2.45) is 0 Å². The number of imidazole rings is 1. The minimum atomic E-state index is -3.58. The molecule has 0 radical (unpaired) electrons. The molecule has 0 aliphatic rings. The third-order valence-corrected chi connectivity index (χ3v) is 5.99. The Labute approximate surface area is 181 Å². The van der Waals surface area contributed by atoms with Gasteiger partial charge >= 0.3 is 0 Å². The van der Waals surface area contributed by atoms with Gasteiger partial charge in [-0.2, -0.15) is 0 Å². The number of rotatable bonds is 11. The summed E-state index contributed by atoms with van der Waals surface area (Å²) in [6.07, 6.45) is 3.43. The van der Waals surface area contributed by atoms with Crippen molar-refractivity contribution >= 4 is 21.7 Å². The Kier molecular flexibility index (Phi) is 7.69. The Morgan fingerprint density at radius 1 is 1.03 bits per heavy atom. The van der Waals surface area contributed by atoms with E-state index in [2.05, 4.69) is 25.0 Å². The number of aryl methyl sites for hydroxylation is 1. The number of hydrogen-bond donors (Lipinski definition) is 2. The third kappa shape index (κ3) is 5.85. The molecule has 1 aromatic carbocycles. The highest BCUT2D eigenvalue weighted by Gasteiger charge is 2.14. The molecule has 0 aliphatic carbocycles. The van der Waals surface area contributed by atoms with Gasteiger partial charge in [0.15, 0.2) is 0 Å². The lowest BCUT2D eigenvalue weighted by molar-refractivity contribution is 0.187. The lowest BCUT2D eigenvalue weighted by atomic mass is 10.3. The number of aromatic nitrogens is 4. The molecular weight excluding hydrogens is 420 g/mol. The van der Waals surface area contributed by atoms with E-state index in [9.17, 15) is 8.42 Å². The van der Waals surface area contributed by atoms with E-state index in [0.717, 1.165) is 17.2 Å². The molecule has 3 aromatic rings. The predicted molar refractivity (Wildman–Crippen MR) is 117 cm³/mol. The number of methoxy groups -OCH3 is 2. The normalized spacial score (nSPS) is 11.6. The van der Waals surface area contributed by atoms with Crippen LogP contribution in [0, 0.1) is 6.92 Å². The summed E-state index contributed by atoms with van der Waals surface area (Å²) in [7, 11) is -0.412. The minimum Gasteiger partial charge on any atom is -0.383 e. The first kappa shape index (κ1) is 22.8. The number of ether oxygens (including phenoxy) is 2. The third-order valence-electron chi connectivity index (χ3n) is 4.51. The van der Waals surface area contributed by atoms with E-state index in [0.29, 0.717) is 31.4 Å². The summed E-state index contributed by atoms with van der Waals surface area (Å²) >= 11 is 0. The smallest absolute Gasteiger partial charge is 0.240 e. The topological polar surface area (TPSA) is 120 Å². The summed E-state index contributed by atoms with van der Waals surface area (Å²) in [5, 5.41) is 3.10. The van der Waals surface area contributed by atoms with Crippen molar-refractivity contribution in [1.82, 2.24) is 24.2 Å². The standard InChI is InChI=1S/C20H26N6O4S/c1-15-22-14-19(26(15)11-13-30-3)18-8-9-21-20(25-18)24-16-4-6-17(7-5-16)31(27,28)23-10-12-29-2/h4-9,14,23H,10-13H2,1-3H3,(H,21,24,25). The molecule has 2 aromatic heterocycles. The van der Waals surface area contributed by atoms with Crippen molar-refractivity contribution in [3.8, 4) is 11.4 Å².